The van der Waals surface area contributed by atoms with Gasteiger partial charge in [0, 0.05) is 30.7 Å². The van der Waals surface area contributed by atoms with Gasteiger partial charge in [-0.25, -0.2) is 0 Å². The smallest absolute Gasteiger partial charge is 0.0614 e. The molecule has 2 fully saturated rings. The van der Waals surface area contributed by atoms with E-state index in [9.17, 15) is 5.11 Å². The Hall–Kier alpha value is -0.160. The number of nitrogens with zero attached hydrogens (tertiary/aromatic N) is 2. The Kier molecular flexibility index (Phi) is 5.23. The lowest BCUT2D eigenvalue weighted by atomic mass is 9.97. The first-order valence-corrected chi connectivity index (χ1v) is 7.86. The highest BCUT2D eigenvalue weighted by molar-refractivity contribution is 5.00. The number of aliphatic hydroxyl groups is 1. The summed E-state index contributed by atoms with van der Waals surface area (Å²) in [5.41, 5.74) is -0.0307. The molecule has 0 aromatic heterocycles. The van der Waals surface area contributed by atoms with Gasteiger partial charge in [0.25, 0.3) is 0 Å². The van der Waals surface area contributed by atoms with Crippen molar-refractivity contribution in [2.45, 2.75) is 57.2 Å². The summed E-state index contributed by atoms with van der Waals surface area (Å²) >= 11 is 0. The molecule has 1 aliphatic carbocycles. The van der Waals surface area contributed by atoms with E-state index in [2.05, 4.69) is 36.0 Å². The highest BCUT2D eigenvalue weighted by Crippen LogP contribution is 2.33. The lowest BCUT2D eigenvalue weighted by Gasteiger charge is -2.33. The molecule has 0 spiro atoms. The van der Waals surface area contributed by atoms with E-state index in [0.717, 1.165) is 12.8 Å². The number of nitrogens with one attached hydrogen (secondary N) is 1. The molecule has 1 saturated heterocycles. The van der Waals surface area contributed by atoms with Gasteiger partial charge in [-0.05, 0) is 45.8 Å². The van der Waals surface area contributed by atoms with E-state index in [1.165, 1.54) is 39.0 Å². The van der Waals surface area contributed by atoms with Crippen LogP contribution in [0.15, 0.2) is 0 Å². The average Bonchev–Trinajstić information content (AvgIpc) is 2.65. The Balaban J connectivity index is 1.92. The summed E-state index contributed by atoms with van der Waals surface area (Å²) in [4.78, 5) is 5.09. The molecule has 2 N–H and O–H groups in total. The van der Waals surface area contributed by atoms with Gasteiger partial charge in [0.05, 0.1) is 6.61 Å². The summed E-state index contributed by atoms with van der Waals surface area (Å²) < 4.78 is 0. The standard InChI is InChI=1S/C15H31N3O/c1-13(2)16-15(12-19)6-5-14(11-15)18-8-4-7-17(3)9-10-18/h13-14,16,19H,4-12H2,1-3H3. The van der Waals surface area contributed by atoms with Crippen molar-refractivity contribution in [2.24, 2.45) is 0 Å². The molecular weight excluding hydrogens is 238 g/mol. The fraction of sp³-hybridized carbons (Fsp3) is 1.00. The zero-order chi connectivity index (χ0) is 13.9. The van der Waals surface area contributed by atoms with Crippen molar-refractivity contribution in [1.82, 2.24) is 15.1 Å². The van der Waals surface area contributed by atoms with Crippen LogP contribution in [-0.2, 0) is 0 Å². The van der Waals surface area contributed by atoms with E-state index in [-0.39, 0.29) is 12.1 Å². The zero-order valence-electron chi connectivity index (χ0n) is 12.9. The maximum absolute atomic E-state index is 9.79. The zero-order valence-corrected chi connectivity index (χ0v) is 12.9. The molecular formula is C15H31N3O. The van der Waals surface area contributed by atoms with Gasteiger partial charge < -0.3 is 15.3 Å². The minimum absolute atomic E-state index is 0.0307. The molecule has 1 saturated carbocycles. The summed E-state index contributed by atoms with van der Waals surface area (Å²) in [5.74, 6) is 0. The predicted octanol–water partition coefficient (Wildman–Crippen LogP) is 0.906. The van der Waals surface area contributed by atoms with E-state index in [1.54, 1.807) is 0 Å². The van der Waals surface area contributed by atoms with Crippen molar-refractivity contribution >= 4 is 0 Å². The van der Waals surface area contributed by atoms with Crippen molar-refractivity contribution in [1.29, 1.82) is 0 Å². The van der Waals surface area contributed by atoms with Crippen LogP contribution in [0.2, 0.25) is 0 Å². The van der Waals surface area contributed by atoms with Crippen molar-refractivity contribution < 1.29 is 5.11 Å². The Morgan fingerprint density at radius 3 is 2.74 bits per heavy atom. The van der Waals surface area contributed by atoms with Crippen LogP contribution in [0, 0.1) is 0 Å². The fourth-order valence-corrected chi connectivity index (χ4v) is 3.77. The molecule has 0 amide bonds. The lowest BCUT2D eigenvalue weighted by molar-refractivity contribution is 0.136. The molecule has 0 bridgehead atoms. The first kappa shape index (κ1) is 15.2. The van der Waals surface area contributed by atoms with Gasteiger partial charge in [0.2, 0.25) is 0 Å². The van der Waals surface area contributed by atoms with Gasteiger partial charge in [0.15, 0.2) is 0 Å². The Labute approximate surface area is 118 Å². The van der Waals surface area contributed by atoms with Crippen LogP contribution in [0.1, 0.15) is 39.5 Å². The van der Waals surface area contributed by atoms with Crippen LogP contribution in [0.5, 0.6) is 0 Å². The van der Waals surface area contributed by atoms with E-state index in [0.29, 0.717) is 12.1 Å². The first-order chi connectivity index (χ1) is 9.04. The Bertz CT molecular complexity index is 285. The Morgan fingerprint density at radius 1 is 1.26 bits per heavy atom. The summed E-state index contributed by atoms with van der Waals surface area (Å²) in [6.07, 6.45) is 4.71. The monoisotopic (exact) mass is 269 g/mol. The third kappa shape index (κ3) is 3.91. The van der Waals surface area contributed by atoms with Crippen molar-refractivity contribution in [3.05, 3.63) is 0 Å². The second-order valence-electron chi connectivity index (χ2n) is 6.83. The first-order valence-electron chi connectivity index (χ1n) is 7.86. The molecule has 0 radical (unpaired) electrons. The van der Waals surface area contributed by atoms with E-state index < -0.39 is 0 Å². The van der Waals surface area contributed by atoms with Crippen LogP contribution in [-0.4, -0.2) is 72.4 Å². The summed E-state index contributed by atoms with van der Waals surface area (Å²) in [6, 6.07) is 1.10. The van der Waals surface area contributed by atoms with Crippen LogP contribution in [0.3, 0.4) is 0 Å². The van der Waals surface area contributed by atoms with Gasteiger partial charge in [-0.2, -0.15) is 0 Å². The highest BCUT2D eigenvalue weighted by Gasteiger charge is 2.41. The quantitative estimate of drug-likeness (QED) is 0.795. The van der Waals surface area contributed by atoms with Crippen molar-refractivity contribution in [2.75, 3.05) is 39.8 Å². The van der Waals surface area contributed by atoms with E-state index in [1.807, 2.05) is 0 Å². The normalized spacial score (nSPS) is 34.9. The number of aliphatic hydroxyl groups excluding tert-OH is 1. The van der Waals surface area contributed by atoms with Crippen molar-refractivity contribution in [3.63, 3.8) is 0 Å². The number of rotatable bonds is 4. The number of hydrogen-bond acceptors (Lipinski definition) is 4. The minimum atomic E-state index is -0.0307. The molecule has 19 heavy (non-hydrogen) atoms. The van der Waals surface area contributed by atoms with Crippen LogP contribution in [0.25, 0.3) is 0 Å². The second kappa shape index (κ2) is 6.53. The molecule has 2 unspecified atom stereocenters. The van der Waals surface area contributed by atoms with Crippen LogP contribution < -0.4 is 5.32 Å². The van der Waals surface area contributed by atoms with Gasteiger partial charge >= 0.3 is 0 Å². The number of hydrogen-bond donors (Lipinski definition) is 2. The fourth-order valence-electron chi connectivity index (χ4n) is 3.77. The topological polar surface area (TPSA) is 38.7 Å². The van der Waals surface area contributed by atoms with Crippen LogP contribution >= 0.6 is 0 Å². The van der Waals surface area contributed by atoms with Gasteiger partial charge in [-0.1, -0.05) is 13.8 Å². The molecule has 4 heteroatoms. The summed E-state index contributed by atoms with van der Waals surface area (Å²) in [6.45, 7) is 9.42. The van der Waals surface area contributed by atoms with Gasteiger partial charge in [-0.3, -0.25) is 4.90 Å². The summed E-state index contributed by atoms with van der Waals surface area (Å²) in [7, 11) is 2.22. The average molecular weight is 269 g/mol. The molecule has 2 aliphatic rings. The minimum Gasteiger partial charge on any atom is -0.394 e. The third-order valence-corrected chi connectivity index (χ3v) is 4.75. The SMILES string of the molecule is CC(C)NC1(CO)CCC(N2CCCN(C)CC2)C1. The molecule has 1 aliphatic heterocycles. The second-order valence-corrected chi connectivity index (χ2v) is 6.83. The van der Waals surface area contributed by atoms with Gasteiger partial charge in [-0.15, -0.1) is 0 Å². The molecule has 1 heterocycles. The van der Waals surface area contributed by atoms with Gasteiger partial charge in [0.1, 0.15) is 0 Å². The van der Waals surface area contributed by atoms with E-state index in [4.69, 9.17) is 0 Å². The molecule has 4 nitrogen and oxygen atoms in total. The molecule has 0 aromatic rings. The molecule has 112 valence electrons. The lowest BCUT2D eigenvalue weighted by Crippen LogP contribution is -2.51. The largest absolute Gasteiger partial charge is 0.394 e. The predicted molar refractivity (Wildman–Crippen MR) is 79.4 cm³/mol. The molecule has 2 rings (SSSR count). The number of likely N-dealkylation sites (N-methyl/N-ethyl adjacent to an activating group) is 1. The highest BCUT2D eigenvalue weighted by atomic mass is 16.3. The van der Waals surface area contributed by atoms with E-state index >= 15 is 0 Å². The third-order valence-electron chi connectivity index (χ3n) is 4.75. The van der Waals surface area contributed by atoms with Crippen LogP contribution in [0.4, 0.5) is 0 Å². The molecule has 2 atom stereocenters. The van der Waals surface area contributed by atoms with Crippen molar-refractivity contribution in [3.8, 4) is 0 Å². The maximum Gasteiger partial charge on any atom is 0.0614 e. The molecule has 0 aromatic carbocycles. The Morgan fingerprint density at radius 2 is 2.05 bits per heavy atom. The summed E-state index contributed by atoms with van der Waals surface area (Å²) in [5, 5.41) is 13.4. The maximum atomic E-state index is 9.79.